The van der Waals surface area contributed by atoms with Gasteiger partial charge in [0, 0.05) is 17.2 Å². The molecule has 0 amide bonds. The standard InChI is InChI=1S/C12H9BrF2N2O/c13-8-3-9(6-17-5-8)18-12-10(14)1-7(4-16)2-11(12)15/h1-3,5-6H,4,16H2. The van der Waals surface area contributed by atoms with E-state index in [1.54, 1.807) is 6.07 Å². The largest absolute Gasteiger partial charge is 0.450 e. The molecule has 3 nitrogen and oxygen atoms in total. The van der Waals surface area contributed by atoms with Crippen LogP contribution in [0.15, 0.2) is 35.1 Å². The van der Waals surface area contributed by atoms with Crippen LogP contribution < -0.4 is 10.5 Å². The Labute approximate surface area is 111 Å². The van der Waals surface area contributed by atoms with E-state index in [0.717, 1.165) is 12.1 Å². The van der Waals surface area contributed by atoms with Crippen molar-refractivity contribution in [3.05, 3.63) is 52.3 Å². The van der Waals surface area contributed by atoms with Crippen LogP contribution in [-0.2, 0) is 6.54 Å². The van der Waals surface area contributed by atoms with Crippen molar-refractivity contribution in [2.24, 2.45) is 5.73 Å². The lowest BCUT2D eigenvalue weighted by Crippen LogP contribution is -2.00. The van der Waals surface area contributed by atoms with Gasteiger partial charge in [-0.25, -0.2) is 8.78 Å². The van der Waals surface area contributed by atoms with Gasteiger partial charge in [-0.1, -0.05) is 0 Å². The summed E-state index contributed by atoms with van der Waals surface area (Å²) in [5, 5.41) is 0. The number of hydrogen-bond acceptors (Lipinski definition) is 3. The molecule has 1 heterocycles. The third-order valence-corrected chi connectivity index (χ3v) is 2.63. The van der Waals surface area contributed by atoms with E-state index in [0.29, 0.717) is 10.0 Å². The maximum Gasteiger partial charge on any atom is 0.198 e. The molecule has 0 saturated carbocycles. The van der Waals surface area contributed by atoms with Crippen molar-refractivity contribution in [1.82, 2.24) is 4.98 Å². The molecule has 0 unspecified atom stereocenters. The molecule has 2 aromatic rings. The number of pyridine rings is 1. The van der Waals surface area contributed by atoms with Gasteiger partial charge in [-0.3, -0.25) is 4.98 Å². The van der Waals surface area contributed by atoms with Crippen molar-refractivity contribution in [2.45, 2.75) is 6.54 Å². The molecule has 2 N–H and O–H groups in total. The molecule has 1 aromatic carbocycles. The highest BCUT2D eigenvalue weighted by atomic mass is 79.9. The van der Waals surface area contributed by atoms with Gasteiger partial charge in [-0.15, -0.1) is 0 Å². The zero-order valence-corrected chi connectivity index (χ0v) is 10.7. The third kappa shape index (κ3) is 2.83. The summed E-state index contributed by atoms with van der Waals surface area (Å²) in [4.78, 5) is 3.84. The summed E-state index contributed by atoms with van der Waals surface area (Å²) >= 11 is 3.19. The molecule has 0 saturated heterocycles. The Morgan fingerprint density at radius 2 is 1.83 bits per heavy atom. The lowest BCUT2D eigenvalue weighted by atomic mass is 10.2. The fourth-order valence-corrected chi connectivity index (χ4v) is 1.74. The van der Waals surface area contributed by atoms with Crippen molar-refractivity contribution in [1.29, 1.82) is 0 Å². The minimum absolute atomic E-state index is 0.0621. The van der Waals surface area contributed by atoms with E-state index in [1.807, 2.05) is 0 Å². The molecule has 1 aromatic heterocycles. The van der Waals surface area contributed by atoms with Gasteiger partial charge in [0.15, 0.2) is 17.4 Å². The second-order valence-corrected chi connectivity index (χ2v) is 4.45. The zero-order valence-electron chi connectivity index (χ0n) is 9.16. The first-order valence-corrected chi connectivity index (χ1v) is 5.86. The van der Waals surface area contributed by atoms with Gasteiger partial charge in [0.05, 0.1) is 6.20 Å². The Balaban J connectivity index is 2.35. The minimum Gasteiger partial charge on any atom is -0.450 e. The molecule has 18 heavy (non-hydrogen) atoms. The fraction of sp³-hybridized carbons (Fsp3) is 0.0833. The van der Waals surface area contributed by atoms with Crippen molar-refractivity contribution in [3.8, 4) is 11.5 Å². The van der Waals surface area contributed by atoms with Crippen LogP contribution in [0.2, 0.25) is 0 Å². The quantitative estimate of drug-likeness (QED) is 0.945. The lowest BCUT2D eigenvalue weighted by molar-refractivity contribution is 0.405. The van der Waals surface area contributed by atoms with Gasteiger partial charge in [0.25, 0.3) is 0 Å². The van der Waals surface area contributed by atoms with Gasteiger partial charge >= 0.3 is 0 Å². The Hall–Kier alpha value is -1.53. The van der Waals surface area contributed by atoms with Crippen LogP contribution in [0.1, 0.15) is 5.56 Å². The first kappa shape index (κ1) is 12.9. The Morgan fingerprint density at radius 1 is 1.17 bits per heavy atom. The van der Waals surface area contributed by atoms with Crippen LogP contribution >= 0.6 is 15.9 Å². The highest BCUT2D eigenvalue weighted by molar-refractivity contribution is 9.10. The van der Waals surface area contributed by atoms with Gasteiger partial charge in [-0.05, 0) is 39.7 Å². The summed E-state index contributed by atoms with van der Waals surface area (Å²) < 4.78 is 33.1. The van der Waals surface area contributed by atoms with Crippen LogP contribution in [0.3, 0.4) is 0 Å². The summed E-state index contributed by atoms with van der Waals surface area (Å²) in [7, 11) is 0. The number of aromatic nitrogens is 1. The van der Waals surface area contributed by atoms with Crippen molar-refractivity contribution in [2.75, 3.05) is 0 Å². The molecule has 0 atom stereocenters. The smallest absolute Gasteiger partial charge is 0.198 e. The number of benzene rings is 1. The van der Waals surface area contributed by atoms with E-state index in [4.69, 9.17) is 10.5 Å². The van der Waals surface area contributed by atoms with Crippen molar-refractivity contribution in [3.63, 3.8) is 0 Å². The molecule has 0 aliphatic carbocycles. The molecule has 6 heteroatoms. The predicted molar refractivity (Wildman–Crippen MR) is 66.3 cm³/mol. The van der Waals surface area contributed by atoms with Crippen molar-refractivity contribution < 1.29 is 13.5 Å². The number of rotatable bonds is 3. The van der Waals surface area contributed by atoms with E-state index in [-0.39, 0.29) is 12.3 Å². The second kappa shape index (κ2) is 5.41. The summed E-state index contributed by atoms with van der Waals surface area (Å²) in [5.74, 6) is -1.82. The molecule has 0 radical (unpaired) electrons. The maximum atomic E-state index is 13.6. The van der Waals surface area contributed by atoms with Crippen LogP contribution in [0.25, 0.3) is 0 Å². The summed E-state index contributed by atoms with van der Waals surface area (Å²) in [6, 6.07) is 3.84. The van der Waals surface area contributed by atoms with Crippen LogP contribution in [0.5, 0.6) is 11.5 Å². The topological polar surface area (TPSA) is 48.1 Å². The predicted octanol–water partition coefficient (Wildman–Crippen LogP) is 3.37. The van der Waals surface area contributed by atoms with Crippen LogP contribution in [-0.4, -0.2) is 4.98 Å². The number of halogens is 3. The van der Waals surface area contributed by atoms with Crippen molar-refractivity contribution >= 4 is 15.9 Å². The highest BCUT2D eigenvalue weighted by Gasteiger charge is 2.13. The van der Waals surface area contributed by atoms with E-state index < -0.39 is 17.4 Å². The van der Waals surface area contributed by atoms with E-state index in [2.05, 4.69) is 20.9 Å². The molecule has 0 aliphatic heterocycles. The molecule has 0 fully saturated rings. The average molecular weight is 315 g/mol. The minimum atomic E-state index is -0.796. The van der Waals surface area contributed by atoms with Gasteiger partial charge in [-0.2, -0.15) is 0 Å². The summed E-state index contributed by atoms with van der Waals surface area (Å²) in [6.07, 6.45) is 2.90. The Morgan fingerprint density at radius 3 is 2.39 bits per heavy atom. The molecular formula is C12H9BrF2N2O. The normalized spacial score (nSPS) is 10.4. The van der Waals surface area contributed by atoms with Gasteiger partial charge in [0.2, 0.25) is 0 Å². The van der Waals surface area contributed by atoms with Crippen LogP contribution in [0, 0.1) is 11.6 Å². The SMILES string of the molecule is NCc1cc(F)c(Oc2cncc(Br)c2)c(F)c1. The summed E-state index contributed by atoms with van der Waals surface area (Å²) in [6.45, 7) is 0.0621. The Bertz CT molecular complexity index is 555. The van der Waals surface area contributed by atoms with E-state index in [1.165, 1.54) is 12.4 Å². The Kier molecular flexibility index (Phi) is 3.88. The number of ether oxygens (including phenoxy) is 1. The first-order chi connectivity index (χ1) is 8.60. The van der Waals surface area contributed by atoms with Crippen LogP contribution in [0.4, 0.5) is 8.78 Å². The highest BCUT2D eigenvalue weighted by Crippen LogP contribution is 2.29. The first-order valence-electron chi connectivity index (χ1n) is 5.06. The molecule has 0 bridgehead atoms. The molecule has 0 spiro atoms. The zero-order chi connectivity index (χ0) is 13.1. The third-order valence-electron chi connectivity index (χ3n) is 2.19. The summed E-state index contributed by atoms with van der Waals surface area (Å²) in [5.41, 5.74) is 5.69. The molecule has 0 aliphatic rings. The van der Waals surface area contributed by atoms with Gasteiger partial charge in [0.1, 0.15) is 5.75 Å². The van der Waals surface area contributed by atoms with Gasteiger partial charge < -0.3 is 10.5 Å². The molecule has 2 rings (SSSR count). The number of nitrogens with two attached hydrogens (primary N) is 1. The second-order valence-electron chi connectivity index (χ2n) is 3.53. The number of hydrogen-bond donors (Lipinski definition) is 1. The average Bonchev–Trinajstić information content (AvgIpc) is 2.33. The fourth-order valence-electron chi connectivity index (χ4n) is 1.39. The maximum absolute atomic E-state index is 13.6. The number of nitrogens with zero attached hydrogens (tertiary/aromatic N) is 1. The lowest BCUT2D eigenvalue weighted by Gasteiger charge is -2.09. The van der Waals surface area contributed by atoms with E-state index in [9.17, 15) is 8.78 Å². The molecular weight excluding hydrogens is 306 g/mol. The monoisotopic (exact) mass is 314 g/mol. The molecule has 94 valence electrons. The van der Waals surface area contributed by atoms with E-state index >= 15 is 0 Å².